The van der Waals surface area contributed by atoms with Crippen LogP contribution in [0.1, 0.15) is 15.4 Å². The lowest BCUT2D eigenvalue weighted by Crippen LogP contribution is -2.26. The molecule has 0 saturated heterocycles. The van der Waals surface area contributed by atoms with E-state index >= 15 is 0 Å². The molecule has 22 heavy (non-hydrogen) atoms. The Bertz CT molecular complexity index is 763. The number of hydrogen-bond acceptors (Lipinski definition) is 4. The van der Waals surface area contributed by atoms with Crippen LogP contribution >= 0.6 is 11.3 Å². The van der Waals surface area contributed by atoms with Crippen LogP contribution in [0.25, 0.3) is 10.2 Å². The van der Waals surface area contributed by atoms with E-state index < -0.39 is 0 Å². The van der Waals surface area contributed by atoms with Gasteiger partial charge in [0.25, 0.3) is 5.91 Å². The molecule has 0 saturated carbocycles. The van der Waals surface area contributed by atoms with Gasteiger partial charge in [-0.3, -0.25) is 4.79 Å². The molecule has 0 spiro atoms. The summed E-state index contributed by atoms with van der Waals surface area (Å²) in [6.07, 6.45) is 0. The molecule has 0 aliphatic rings. The molecule has 112 valence electrons. The van der Waals surface area contributed by atoms with Gasteiger partial charge in [-0.1, -0.05) is 12.1 Å². The van der Waals surface area contributed by atoms with Gasteiger partial charge in [0.05, 0.1) is 23.9 Å². The molecule has 0 aliphatic heterocycles. The fraction of sp³-hybridized carbons (Fsp3) is 0.176. The molecule has 3 rings (SSSR count). The maximum atomic E-state index is 12.4. The largest absolute Gasteiger partial charge is 0.497 e. The highest BCUT2D eigenvalue weighted by molar-refractivity contribution is 7.18. The van der Waals surface area contributed by atoms with Crippen LogP contribution in [-0.4, -0.2) is 29.9 Å². The van der Waals surface area contributed by atoms with Gasteiger partial charge in [0.2, 0.25) is 0 Å². The number of carbonyl (C=O) groups excluding carboxylic acids is 1. The topological polar surface area (TPSA) is 42.4 Å². The van der Waals surface area contributed by atoms with Crippen molar-refractivity contribution in [1.29, 1.82) is 0 Å². The Morgan fingerprint density at radius 3 is 2.59 bits per heavy atom. The Hall–Kier alpha value is -2.40. The van der Waals surface area contributed by atoms with E-state index in [1.54, 1.807) is 54.7 Å². The summed E-state index contributed by atoms with van der Waals surface area (Å²) < 4.78 is 6.25. The van der Waals surface area contributed by atoms with E-state index in [1.165, 1.54) is 0 Å². The predicted molar refractivity (Wildman–Crippen MR) is 88.4 cm³/mol. The number of para-hydroxylation sites is 1. The van der Waals surface area contributed by atoms with Gasteiger partial charge in [-0.05, 0) is 36.4 Å². The zero-order valence-corrected chi connectivity index (χ0v) is 13.3. The van der Waals surface area contributed by atoms with Crippen molar-refractivity contribution in [1.82, 2.24) is 9.88 Å². The lowest BCUT2D eigenvalue weighted by Gasteiger charge is -2.15. The number of aromatic nitrogens is 1. The molecule has 1 heterocycles. The summed E-state index contributed by atoms with van der Waals surface area (Å²) in [6.45, 7) is 0.504. The van der Waals surface area contributed by atoms with Gasteiger partial charge >= 0.3 is 0 Å². The molecule has 5 heteroatoms. The fourth-order valence-electron chi connectivity index (χ4n) is 2.22. The van der Waals surface area contributed by atoms with Crippen LogP contribution in [-0.2, 0) is 6.54 Å². The Morgan fingerprint density at radius 1 is 1.18 bits per heavy atom. The van der Waals surface area contributed by atoms with Gasteiger partial charge in [0.15, 0.2) is 0 Å². The van der Waals surface area contributed by atoms with Gasteiger partial charge in [0, 0.05) is 12.6 Å². The fourth-order valence-corrected chi connectivity index (χ4v) is 3.24. The average Bonchev–Trinajstić information content (AvgIpc) is 2.96. The normalized spacial score (nSPS) is 10.6. The number of fused-ring (bicyclic) bond motifs is 1. The predicted octanol–water partition coefficient (Wildman–Crippen LogP) is 3.58. The average molecular weight is 312 g/mol. The summed E-state index contributed by atoms with van der Waals surface area (Å²) in [4.78, 5) is 18.7. The van der Waals surface area contributed by atoms with E-state index in [9.17, 15) is 4.79 Å². The second-order valence-corrected chi connectivity index (χ2v) is 6.08. The Labute approximate surface area is 133 Å². The maximum Gasteiger partial charge on any atom is 0.253 e. The second kappa shape index (κ2) is 6.15. The molecule has 0 aliphatic carbocycles. The smallest absolute Gasteiger partial charge is 0.253 e. The molecule has 0 atom stereocenters. The lowest BCUT2D eigenvalue weighted by atomic mass is 10.2. The van der Waals surface area contributed by atoms with E-state index in [0.717, 1.165) is 21.0 Å². The van der Waals surface area contributed by atoms with Crippen LogP contribution in [0, 0.1) is 0 Å². The minimum absolute atomic E-state index is 0.0260. The molecule has 1 amide bonds. The standard InChI is InChI=1S/C17H16N2O2S/c1-19(17(20)12-7-9-13(21-2)10-8-12)11-16-18-14-5-3-4-6-15(14)22-16/h3-10H,11H2,1-2H3. The molecule has 0 N–H and O–H groups in total. The van der Waals surface area contributed by atoms with Crippen LogP contribution in [0.2, 0.25) is 0 Å². The van der Waals surface area contributed by atoms with Crippen LogP contribution < -0.4 is 4.74 Å². The minimum atomic E-state index is -0.0260. The number of thiazole rings is 1. The van der Waals surface area contributed by atoms with E-state index in [-0.39, 0.29) is 5.91 Å². The van der Waals surface area contributed by atoms with E-state index in [4.69, 9.17) is 4.74 Å². The monoisotopic (exact) mass is 312 g/mol. The van der Waals surface area contributed by atoms with E-state index in [1.807, 2.05) is 24.3 Å². The van der Waals surface area contributed by atoms with Crippen molar-refractivity contribution in [2.75, 3.05) is 14.2 Å². The minimum Gasteiger partial charge on any atom is -0.497 e. The first-order valence-electron chi connectivity index (χ1n) is 6.91. The maximum absolute atomic E-state index is 12.4. The van der Waals surface area contributed by atoms with Gasteiger partial charge in [-0.15, -0.1) is 11.3 Å². The third-order valence-corrected chi connectivity index (χ3v) is 4.42. The summed E-state index contributed by atoms with van der Waals surface area (Å²) in [6, 6.07) is 15.1. The van der Waals surface area contributed by atoms with Crippen molar-refractivity contribution in [3.05, 3.63) is 59.1 Å². The first-order valence-corrected chi connectivity index (χ1v) is 7.73. The number of rotatable bonds is 4. The molecule has 2 aromatic carbocycles. The second-order valence-electron chi connectivity index (χ2n) is 4.97. The Balaban J connectivity index is 1.74. The Kier molecular flexibility index (Phi) is 4.06. The van der Waals surface area contributed by atoms with Gasteiger partial charge in [-0.2, -0.15) is 0 Å². The molecule has 0 radical (unpaired) electrons. The van der Waals surface area contributed by atoms with E-state index in [0.29, 0.717) is 12.1 Å². The molecule has 0 bridgehead atoms. The number of ether oxygens (including phenoxy) is 1. The summed E-state index contributed by atoms with van der Waals surface area (Å²) in [7, 11) is 3.40. The van der Waals surface area contributed by atoms with Crippen molar-refractivity contribution in [3.63, 3.8) is 0 Å². The first kappa shape index (κ1) is 14.5. The van der Waals surface area contributed by atoms with Gasteiger partial charge in [0.1, 0.15) is 10.8 Å². The third kappa shape index (κ3) is 2.94. The zero-order chi connectivity index (χ0) is 15.5. The van der Waals surface area contributed by atoms with E-state index in [2.05, 4.69) is 4.98 Å². The molecule has 0 unspecified atom stereocenters. The Morgan fingerprint density at radius 2 is 1.91 bits per heavy atom. The SMILES string of the molecule is COc1ccc(C(=O)N(C)Cc2nc3ccccc3s2)cc1. The number of nitrogens with zero attached hydrogens (tertiary/aromatic N) is 2. The quantitative estimate of drug-likeness (QED) is 0.739. The van der Waals surface area contributed by atoms with Crippen molar-refractivity contribution in [2.24, 2.45) is 0 Å². The molecular weight excluding hydrogens is 296 g/mol. The number of carbonyl (C=O) groups is 1. The molecular formula is C17H16N2O2S. The lowest BCUT2D eigenvalue weighted by molar-refractivity contribution is 0.0785. The number of methoxy groups -OCH3 is 1. The van der Waals surface area contributed by atoms with Crippen molar-refractivity contribution in [3.8, 4) is 5.75 Å². The summed E-state index contributed by atoms with van der Waals surface area (Å²) in [5, 5.41) is 0.936. The van der Waals surface area contributed by atoms with Crippen molar-refractivity contribution < 1.29 is 9.53 Å². The summed E-state index contributed by atoms with van der Waals surface area (Å²) in [5.41, 5.74) is 1.62. The van der Waals surface area contributed by atoms with Gasteiger partial charge < -0.3 is 9.64 Å². The molecule has 0 fully saturated rings. The van der Waals surface area contributed by atoms with Crippen LogP contribution in [0.4, 0.5) is 0 Å². The van der Waals surface area contributed by atoms with Crippen LogP contribution in [0.15, 0.2) is 48.5 Å². The zero-order valence-electron chi connectivity index (χ0n) is 12.4. The number of hydrogen-bond donors (Lipinski definition) is 0. The van der Waals surface area contributed by atoms with Gasteiger partial charge in [-0.25, -0.2) is 4.98 Å². The number of amides is 1. The van der Waals surface area contributed by atoms with Crippen LogP contribution in [0.3, 0.4) is 0 Å². The van der Waals surface area contributed by atoms with Crippen molar-refractivity contribution >= 4 is 27.5 Å². The molecule has 1 aromatic heterocycles. The first-order chi connectivity index (χ1) is 10.7. The number of benzene rings is 2. The van der Waals surface area contributed by atoms with Crippen molar-refractivity contribution in [2.45, 2.75) is 6.54 Å². The summed E-state index contributed by atoms with van der Waals surface area (Å²) in [5.74, 6) is 0.715. The third-order valence-electron chi connectivity index (χ3n) is 3.39. The molecule has 4 nitrogen and oxygen atoms in total. The highest BCUT2D eigenvalue weighted by atomic mass is 32.1. The van der Waals surface area contributed by atoms with Crippen LogP contribution in [0.5, 0.6) is 5.75 Å². The highest BCUT2D eigenvalue weighted by Gasteiger charge is 2.14. The highest BCUT2D eigenvalue weighted by Crippen LogP contribution is 2.23. The molecule has 3 aromatic rings. The summed E-state index contributed by atoms with van der Waals surface area (Å²) >= 11 is 1.62.